The van der Waals surface area contributed by atoms with Gasteiger partial charge >= 0.3 is 0 Å². The van der Waals surface area contributed by atoms with Gasteiger partial charge in [-0.15, -0.1) is 0 Å². The van der Waals surface area contributed by atoms with Crippen LogP contribution >= 0.6 is 11.8 Å². The second-order valence-electron chi connectivity index (χ2n) is 5.37. The first-order valence-electron chi connectivity index (χ1n) is 6.39. The van der Waals surface area contributed by atoms with Crippen molar-refractivity contribution in [2.24, 2.45) is 5.73 Å². The van der Waals surface area contributed by atoms with Gasteiger partial charge in [0.15, 0.2) is 0 Å². The molecule has 1 fully saturated rings. The summed E-state index contributed by atoms with van der Waals surface area (Å²) < 4.78 is 13.9. The maximum absolute atomic E-state index is 13.5. The Morgan fingerprint density at radius 1 is 1.33 bits per heavy atom. The number of halogens is 1. The van der Waals surface area contributed by atoms with Crippen LogP contribution in [0.5, 0.6) is 0 Å². The van der Waals surface area contributed by atoms with Crippen LogP contribution in [0.3, 0.4) is 0 Å². The molecule has 100 valence electrons. The second-order valence-corrected chi connectivity index (χ2v) is 7.17. The molecule has 1 saturated heterocycles. The molecule has 4 heteroatoms. The third kappa shape index (κ3) is 3.39. The number of anilines is 1. The highest BCUT2D eigenvalue weighted by molar-refractivity contribution is 8.00. The Morgan fingerprint density at radius 3 is 2.83 bits per heavy atom. The number of rotatable bonds is 2. The third-order valence-corrected chi connectivity index (χ3v) is 4.75. The highest BCUT2D eigenvalue weighted by Gasteiger charge is 2.24. The molecule has 18 heavy (non-hydrogen) atoms. The van der Waals surface area contributed by atoms with Crippen molar-refractivity contribution in [3.05, 3.63) is 29.6 Å². The van der Waals surface area contributed by atoms with Crippen LogP contribution in [0.1, 0.15) is 25.8 Å². The van der Waals surface area contributed by atoms with Crippen LogP contribution in [0, 0.1) is 5.82 Å². The van der Waals surface area contributed by atoms with Gasteiger partial charge in [-0.2, -0.15) is 11.8 Å². The minimum absolute atomic E-state index is 0.191. The van der Waals surface area contributed by atoms with E-state index in [1.165, 1.54) is 6.07 Å². The molecule has 1 aliphatic heterocycles. The van der Waals surface area contributed by atoms with Crippen LogP contribution < -0.4 is 10.6 Å². The zero-order valence-electron chi connectivity index (χ0n) is 11.1. The number of hydrogen-bond donors (Lipinski definition) is 1. The quantitative estimate of drug-likeness (QED) is 0.894. The molecule has 0 radical (unpaired) electrons. The molecule has 0 saturated carbocycles. The lowest BCUT2D eigenvalue weighted by Crippen LogP contribution is -2.27. The first-order valence-corrected chi connectivity index (χ1v) is 7.37. The van der Waals surface area contributed by atoms with Crippen molar-refractivity contribution in [2.75, 3.05) is 23.7 Å². The molecular weight excluding hydrogens is 247 g/mol. The van der Waals surface area contributed by atoms with Crippen molar-refractivity contribution >= 4 is 17.4 Å². The highest BCUT2D eigenvalue weighted by Crippen LogP contribution is 2.32. The normalized spacial score (nSPS) is 19.7. The molecule has 0 spiro atoms. The lowest BCUT2D eigenvalue weighted by Gasteiger charge is -2.24. The minimum Gasteiger partial charge on any atom is -0.371 e. The molecule has 2 nitrogen and oxygen atoms in total. The number of nitrogens with two attached hydrogens (primary N) is 1. The molecular formula is C14H21FN2S. The summed E-state index contributed by atoms with van der Waals surface area (Å²) in [5.41, 5.74) is 7.43. The van der Waals surface area contributed by atoms with E-state index in [0.717, 1.165) is 36.5 Å². The van der Waals surface area contributed by atoms with Crippen LogP contribution in [0.2, 0.25) is 0 Å². The van der Waals surface area contributed by atoms with Crippen molar-refractivity contribution in [1.82, 2.24) is 0 Å². The number of thioether (sulfide) groups is 1. The van der Waals surface area contributed by atoms with Crippen LogP contribution in [-0.2, 0) is 6.54 Å². The molecule has 0 atom stereocenters. The highest BCUT2D eigenvalue weighted by atomic mass is 32.2. The van der Waals surface area contributed by atoms with Gasteiger partial charge in [-0.3, -0.25) is 0 Å². The van der Waals surface area contributed by atoms with Gasteiger partial charge in [0.25, 0.3) is 0 Å². The Kier molecular flexibility index (Phi) is 4.17. The first-order chi connectivity index (χ1) is 8.50. The number of benzene rings is 1. The predicted molar refractivity (Wildman–Crippen MR) is 77.7 cm³/mol. The maximum atomic E-state index is 13.5. The van der Waals surface area contributed by atoms with Gasteiger partial charge in [0.1, 0.15) is 5.82 Å². The first kappa shape index (κ1) is 13.7. The van der Waals surface area contributed by atoms with Gasteiger partial charge in [-0.05, 0) is 30.2 Å². The molecule has 1 aromatic carbocycles. The second kappa shape index (κ2) is 5.49. The van der Waals surface area contributed by atoms with Gasteiger partial charge in [-0.1, -0.05) is 13.8 Å². The third-order valence-electron chi connectivity index (χ3n) is 3.38. The molecule has 1 aromatic rings. The van der Waals surface area contributed by atoms with Crippen LogP contribution in [0.15, 0.2) is 18.2 Å². The van der Waals surface area contributed by atoms with E-state index in [4.69, 9.17) is 5.73 Å². The van der Waals surface area contributed by atoms with E-state index in [0.29, 0.717) is 11.3 Å². The zero-order valence-corrected chi connectivity index (χ0v) is 11.9. The lowest BCUT2D eigenvalue weighted by atomic mass is 10.1. The van der Waals surface area contributed by atoms with Gasteiger partial charge in [0.05, 0.1) is 0 Å². The van der Waals surface area contributed by atoms with Crippen LogP contribution in [-0.4, -0.2) is 23.6 Å². The molecule has 1 heterocycles. The summed E-state index contributed by atoms with van der Waals surface area (Å²) in [6.45, 7) is 6.89. The Labute approximate surface area is 113 Å². The van der Waals surface area contributed by atoms with Crippen molar-refractivity contribution in [3.8, 4) is 0 Å². The summed E-state index contributed by atoms with van der Waals surface area (Å²) in [5.74, 6) is 0.894. The van der Waals surface area contributed by atoms with E-state index in [9.17, 15) is 4.39 Å². The van der Waals surface area contributed by atoms with Crippen LogP contribution in [0.25, 0.3) is 0 Å². The zero-order chi connectivity index (χ0) is 13.2. The molecule has 2 N–H and O–H groups in total. The van der Waals surface area contributed by atoms with E-state index >= 15 is 0 Å². The monoisotopic (exact) mass is 268 g/mol. The Morgan fingerprint density at radius 2 is 2.11 bits per heavy atom. The molecule has 0 bridgehead atoms. The van der Waals surface area contributed by atoms with Gasteiger partial charge in [-0.25, -0.2) is 4.39 Å². The lowest BCUT2D eigenvalue weighted by molar-refractivity contribution is 0.619. The molecule has 0 aliphatic carbocycles. The van der Waals surface area contributed by atoms with Crippen molar-refractivity contribution in [1.29, 1.82) is 0 Å². The summed E-state index contributed by atoms with van der Waals surface area (Å²) in [6, 6.07) is 5.13. The van der Waals surface area contributed by atoms with E-state index in [2.05, 4.69) is 18.7 Å². The molecule has 0 amide bonds. The smallest absolute Gasteiger partial charge is 0.125 e. The topological polar surface area (TPSA) is 29.3 Å². The van der Waals surface area contributed by atoms with Gasteiger partial charge in [0, 0.05) is 35.8 Å². The summed E-state index contributed by atoms with van der Waals surface area (Å²) in [7, 11) is 0. The fourth-order valence-electron chi connectivity index (χ4n) is 2.21. The number of nitrogens with zero attached hydrogens (tertiary/aromatic N) is 1. The van der Waals surface area contributed by atoms with E-state index in [1.54, 1.807) is 6.07 Å². The maximum Gasteiger partial charge on any atom is 0.125 e. The average molecular weight is 268 g/mol. The molecule has 0 aromatic heterocycles. The summed E-state index contributed by atoms with van der Waals surface area (Å²) in [6.07, 6.45) is 1.12. The van der Waals surface area contributed by atoms with Crippen molar-refractivity contribution in [3.63, 3.8) is 0 Å². The molecule has 1 aliphatic rings. The Balaban J connectivity index is 2.18. The van der Waals surface area contributed by atoms with Gasteiger partial charge in [0.2, 0.25) is 0 Å². The molecule has 0 unspecified atom stereocenters. The van der Waals surface area contributed by atoms with Crippen molar-refractivity contribution < 1.29 is 4.39 Å². The van der Waals surface area contributed by atoms with Crippen molar-refractivity contribution in [2.45, 2.75) is 31.6 Å². The summed E-state index contributed by atoms with van der Waals surface area (Å²) >= 11 is 1.99. The summed E-state index contributed by atoms with van der Waals surface area (Å²) in [5, 5.41) is 0. The number of hydrogen-bond acceptors (Lipinski definition) is 3. The standard InChI is InChI=1S/C14H21FN2S/c1-14(2)3-4-17(5-6-18-14)13-8-11(10-16)7-12(15)9-13/h7-9H,3-6,10,16H2,1-2H3. The molecule has 2 rings (SSSR count). The minimum atomic E-state index is -0.191. The van der Waals surface area contributed by atoms with Gasteiger partial charge < -0.3 is 10.6 Å². The Hall–Kier alpha value is -0.740. The predicted octanol–water partition coefficient (Wildman–Crippen LogP) is 3.01. The Bertz CT molecular complexity index is 420. The average Bonchev–Trinajstić information content (AvgIpc) is 2.49. The van der Waals surface area contributed by atoms with Crippen LogP contribution in [0.4, 0.5) is 10.1 Å². The summed E-state index contributed by atoms with van der Waals surface area (Å²) in [4.78, 5) is 2.27. The van der Waals surface area contributed by atoms with E-state index < -0.39 is 0 Å². The van der Waals surface area contributed by atoms with E-state index in [-0.39, 0.29) is 5.82 Å². The fourth-order valence-corrected chi connectivity index (χ4v) is 3.31. The largest absolute Gasteiger partial charge is 0.371 e. The fraction of sp³-hybridized carbons (Fsp3) is 0.571. The SMILES string of the molecule is CC1(C)CCN(c2cc(F)cc(CN)c2)CCS1. The van der Waals surface area contributed by atoms with E-state index in [1.807, 2.05) is 17.8 Å².